The minimum Gasteiger partial charge on any atom is -0.0651 e. The zero-order valence-electron chi connectivity index (χ0n) is 7.88. The largest absolute Gasteiger partial charge is 0.0651 e. The predicted molar refractivity (Wildman–Crippen MR) is 56.8 cm³/mol. The van der Waals surface area contributed by atoms with Crippen molar-refractivity contribution in [1.82, 2.24) is 0 Å². The average molecular weight is 169 g/mol. The lowest BCUT2D eigenvalue weighted by Crippen LogP contribution is -1.85. The van der Waals surface area contributed by atoms with Crippen molar-refractivity contribution in [3.63, 3.8) is 0 Å². The standard InChI is InChI=1S/C13H13/c1-2-6-11-8-5-9-12-7-3-4-10-13(11)12/h3-5,7,9-10H,2,6H2,1H3. The number of fused-ring (bicyclic) bond motifs is 1. The van der Waals surface area contributed by atoms with Crippen molar-refractivity contribution in [2.24, 2.45) is 0 Å². The van der Waals surface area contributed by atoms with Crippen LogP contribution in [0, 0.1) is 6.07 Å². The summed E-state index contributed by atoms with van der Waals surface area (Å²) >= 11 is 0. The molecule has 0 unspecified atom stereocenters. The highest BCUT2D eigenvalue weighted by Crippen LogP contribution is 2.18. The summed E-state index contributed by atoms with van der Waals surface area (Å²) in [5, 5.41) is 2.68. The number of benzene rings is 2. The Bertz CT molecular complexity index is 396. The minimum absolute atomic E-state index is 1.13. The highest BCUT2D eigenvalue weighted by molar-refractivity contribution is 5.85. The van der Waals surface area contributed by atoms with Crippen LogP contribution in [0.1, 0.15) is 18.9 Å². The summed E-state index contributed by atoms with van der Waals surface area (Å²) in [4.78, 5) is 0. The van der Waals surface area contributed by atoms with E-state index in [1.54, 1.807) is 0 Å². The van der Waals surface area contributed by atoms with E-state index in [9.17, 15) is 0 Å². The molecule has 0 aliphatic heterocycles. The van der Waals surface area contributed by atoms with Crippen LogP contribution in [0.2, 0.25) is 0 Å². The fourth-order valence-corrected chi connectivity index (χ4v) is 1.68. The number of aryl methyl sites for hydroxylation is 1. The van der Waals surface area contributed by atoms with Gasteiger partial charge in [-0.25, -0.2) is 0 Å². The molecule has 0 bridgehead atoms. The van der Waals surface area contributed by atoms with Gasteiger partial charge in [0.25, 0.3) is 0 Å². The fourth-order valence-electron chi connectivity index (χ4n) is 1.68. The molecule has 2 aromatic rings. The third kappa shape index (κ3) is 1.57. The summed E-state index contributed by atoms with van der Waals surface area (Å²) in [6.07, 6.45) is 2.31. The van der Waals surface area contributed by atoms with Crippen LogP contribution in [-0.2, 0) is 6.42 Å². The molecule has 65 valence electrons. The molecule has 0 atom stereocenters. The van der Waals surface area contributed by atoms with Crippen LogP contribution in [-0.4, -0.2) is 0 Å². The Morgan fingerprint density at radius 2 is 2.00 bits per heavy atom. The van der Waals surface area contributed by atoms with Crippen LogP contribution in [0.25, 0.3) is 10.8 Å². The summed E-state index contributed by atoms with van der Waals surface area (Å²) in [5.41, 5.74) is 1.35. The summed E-state index contributed by atoms with van der Waals surface area (Å²) < 4.78 is 0. The highest BCUT2D eigenvalue weighted by Gasteiger charge is 1.97. The first-order valence-electron chi connectivity index (χ1n) is 4.80. The first-order valence-corrected chi connectivity index (χ1v) is 4.80. The van der Waals surface area contributed by atoms with Gasteiger partial charge < -0.3 is 0 Å². The van der Waals surface area contributed by atoms with Crippen molar-refractivity contribution in [2.75, 3.05) is 0 Å². The first kappa shape index (κ1) is 8.31. The Labute approximate surface area is 79.2 Å². The van der Waals surface area contributed by atoms with Gasteiger partial charge in [0.05, 0.1) is 0 Å². The van der Waals surface area contributed by atoms with Gasteiger partial charge in [0.15, 0.2) is 0 Å². The van der Waals surface area contributed by atoms with Crippen LogP contribution in [0.15, 0.2) is 36.4 Å². The summed E-state index contributed by atoms with van der Waals surface area (Å²) in [6.45, 7) is 2.20. The van der Waals surface area contributed by atoms with E-state index in [1.807, 2.05) is 6.07 Å². The maximum Gasteiger partial charge on any atom is -0.0143 e. The molecule has 0 aliphatic carbocycles. The van der Waals surface area contributed by atoms with Gasteiger partial charge in [-0.3, -0.25) is 0 Å². The van der Waals surface area contributed by atoms with Crippen molar-refractivity contribution < 1.29 is 0 Å². The molecule has 0 nitrogen and oxygen atoms in total. The van der Waals surface area contributed by atoms with E-state index in [1.165, 1.54) is 22.8 Å². The first-order chi connectivity index (χ1) is 6.42. The lowest BCUT2D eigenvalue weighted by molar-refractivity contribution is 0.928. The van der Waals surface area contributed by atoms with Gasteiger partial charge in [0.2, 0.25) is 0 Å². The molecule has 0 heteroatoms. The monoisotopic (exact) mass is 169 g/mol. The third-order valence-electron chi connectivity index (χ3n) is 2.31. The fraction of sp³-hybridized carbons (Fsp3) is 0.231. The van der Waals surface area contributed by atoms with Crippen LogP contribution in [0.5, 0.6) is 0 Å². The normalized spacial score (nSPS) is 10.5. The topological polar surface area (TPSA) is 0 Å². The van der Waals surface area contributed by atoms with E-state index < -0.39 is 0 Å². The van der Waals surface area contributed by atoms with E-state index in [-0.39, 0.29) is 0 Å². The Morgan fingerprint density at radius 3 is 2.85 bits per heavy atom. The van der Waals surface area contributed by atoms with E-state index in [0.717, 1.165) is 6.42 Å². The van der Waals surface area contributed by atoms with Crippen LogP contribution in [0.3, 0.4) is 0 Å². The second-order valence-electron chi connectivity index (χ2n) is 3.29. The average Bonchev–Trinajstić information content (AvgIpc) is 2.19. The SMILES string of the molecule is CCCc1[c]ccc2ccccc12. The summed E-state index contributed by atoms with van der Waals surface area (Å²) in [7, 11) is 0. The molecule has 0 N–H and O–H groups in total. The molecular formula is C13H13. The quantitative estimate of drug-likeness (QED) is 0.644. The van der Waals surface area contributed by atoms with Gasteiger partial charge in [0.1, 0.15) is 0 Å². The van der Waals surface area contributed by atoms with E-state index in [4.69, 9.17) is 0 Å². The van der Waals surface area contributed by atoms with E-state index in [2.05, 4.69) is 43.3 Å². The number of hydrogen-bond donors (Lipinski definition) is 0. The van der Waals surface area contributed by atoms with Gasteiger partial charge in [-0.2, -0.15) is 0 Å². The van der Waals surface area contributed by atoms with Crippen LogP contribution < -0.4 is 0 Å². The minimum atomic E-state index is 1.13. The molecule has 0 spiro atoms. The van der Waals surface area contributed by atoms with Gasteiger partial charge in [-0.1, -0.05) is 49.7 Å². The summed E-state index contributed by atoms with van der Waals surface area (Å²) in [5.74, 6) is 0. The molecule has 0 heterocycles. The van der Waals surface area contributed by atoms with Crippen molar-refractivity contribution in [2.45, 2.75) is 19.8 Å². The maximum atomic E-state index is 3.31. The van der Waals surface area contributed by atoms with Crippen molar-refractivity contribution in [3.05, 3.63) is 48.0 Å². The molecular weight excluding hydrogens is 156 g/mol. The van der Waals surface area contributed by atoms with Gasteiger partial charge >= 0.3 is 0 Å². The molecule has 0 saturated heterocycles. The van der Waals surface area contributed by atoms with E-state index >= 15 is 0 Å². The second-order valence-corrected chi connectivity index (χ2v) is 3.29. The zero-order valence-corrected chi connectivity index (χ0v) is 7.88. The third-order valence-corrected chi connectivity index (χ3v) is 2.31. The maximum absolute atomic E-state index is 3.31. The molecule has 0 saturated carbocycles. The Kier molecular flexibility index (Phi) is 2.31. The van der Waals surface area contributed by atoms with Crippen molar-refractivity contribution >= 4 is 10.8 Å². The zero-order chi connectivity index (χ0) is 9.10. The molecule has 2 rings (SSSR count). The predicted octanol–water partition coefficient (Wildman–Crippen LogP) is 3.59. The second kappa shape index (κ2) is 3.61. The number of hydrogen-bond acceptors (Lipinski definition) is 0. The van der Waals surface area contributed by atoms with E-state index in [0.29, 0.717) is 0 Å². The lowest BCUT2D eigenvalue weighted by Gasteiger charge is -2.03. The Hall–Kier alpha value is -1.30. The molecule has 2 aromatic carbocycles. The number of rotatable bonds is 2. The van der Waals surface area contributed by atoms with Gasteiger partial charge in [-0.05, 0) is 28.8 Å². The van der Waals surface area contributed by atoms with Crippen molar-refractivity contribution in [1.29, 1.82) is 0 Å². The van der Waals surface area contributed by atoms with Crippen molar-refractivity contribution in [3.8, 4) is 0 Å². The molecule has 1 radical (unpaired) electrons. The molecule has 0 aliphatic rings. The van der Waals surface area contributed by atoms with Crippen LogP contribution in [0.4, 0.5) is 0 Å². The highest BCUT2D eigenvalue weighted by atomic mass is 14.0. The summed E-state index contributed by atoms with van der Waals surface area (Å²) in [6, 6.07) is 16.0. The molecule has 0 amide bonds. The van der Waals surface area contributed by atoms with Gasteiger partial charge in [0, 0.05) is 0 Å². The Balaban J connectivity index is 2.61. The Morgan fingerprint density at radius 1 is 1.15 bits per heavy atom. The lowest BCUT2D eigenvalue weighted by atomic mass is 10.0. The molecule has 13 heavy (non-hydrogen) atoms. The molecule has 0 fully saturated rings. The van der Waals surface area contributed by atoms with Crippen LogP contribution >= 0.6 is 0 Å². The smallest absolute Gasteiger partial charge is 0.0143 e. The molecule has 0 aromatic heterocycles. The van der Waals surface area contributed by atoms with Gasteiger partial charge in [-0.15, -0.1) is 0 Å².